The lowest BCUT2D eigenvalue weighted by Crippen LogP contribution is -2.32. The Hall–Kier alpha value is -0.910. The molecule has 1 saturated heterocycles. The molecular formula is C15H24N4S. The Morgan fingerprint density at radius 1 is 1.20 bits per heavy atom. The molecule has 2 aromatic heterocycles. The number of likely N-dealkylation sites (tertiary alicyclic amines) is 1. The molecule has 1 N–H and O–H groups in total. The van der Waals surface area contributed by atoms with Gasteiger partial charge in [0.05, 0.1) is 0 Å². The maximum absolute atomic E-state index is 4.30. The van der Waals surface area contributed by atoms with Gasteiger partial charge < -0.3 is 10.2 Å². The van der Waals surface area contributed by atoms with Crippen LogP contribution in [0.1, 0.15) is 31.4 Å². The molecule has 2 aromatic rings. The summed E-state index contributed by atoms with van der Waals surface area (Å²) in [5.41, 5.74) is 1.37. The molecule has 1 aliphatic rings. The van der Waals surface area contributed by atoms with E-state index >= 15 is 0 Å². The van der Waals surface area contributed by atoms with Gasteiger partial charge in [-0.1, -0.05) is 6.42 Å². The summed E-state index contributed by atoms with van der Waals surface area (Å²) < 4.78 is 2.19. The highest BCUT2D eigenvalue weighted by Gasteiger charge is 2.08. The van der Waals surface area contributed by atoms with E-state index in [0.717, 1.165) is 24.5 Å². The first-order chi connectivity index (χ1) is 9.93. The van der Waals surface area contributed by atoms with Gasteiger partial charge in [-0.2, -0.15) is 0 Å². The zero-order valence-corrected chi connectivity index (χ0v) is 12.9. The number of hydrogen-bond donors (Lipinski definition) is 1. The van der Waals surface area contributed by atoms with Gasteiger partial charge in [-0.3, -0.25) is 4.40 Å². The van der Waals surface area contributed by atoms with Crippen LogP contribution in [0.4, 0.5) is 0 Å². The van der Waals surface area contributed by atoms with E-state index in [2.05, 4.69) is 31.2 Å². The minimum atomic E-state index is 1.06. The fourth-order valence-corrected chi connectivity index (χ4v) is 3.79. The van der Waals surface area contributed by atoms with E-state index in [-0.39, 0.29) is 0 Å². The summed E-state index contributed by atoms with van der Waals surface area (Å²) in [5, 5.41) is 5.78. The van der Waals surface area contributed by atoms with Crippen LogP contribution in [0, 0.1) is 0 Å². The Morgan fingerprint density at radius 3 is 3.00 bits per heavy atom. The second-order valence-corrected chi connectivity index (χ2v) is 6.40. The third kappa shape index (κ3) is 3.59. The van der Waals surface area contributed by atoms with Crippen LogP contribution in [-0.4, -0.2) is 47.0 Å². The molecule has 3 rings (SSSR count). The number of nitrogens with zero attached hydrogens (tertiary/aromatic N) is 3. The van der Waals surface area contributed by atoms with Crippen LogP contribution < -0.4 is 5.32 Å². The summed E-state index contributed by atoms with van der Waals surface area (Å²) >= 11 is 1.73. The Kier molecular flexibility index (Phi) is 5.06. The summed E-state index contributed by atoms with van der Waals surface area (Å²) in [5.74, 6) is 0. The Balaban J connectivity index is 1.29. The van der Waals surface area contributed by atoms with E-state index in [0.29, 0.717) is 0 Å². The fourth-order valence-electron chi connectivity index (χ4n) is 2.90. The Labute approximate surface area is 124 Å². The van der Waals surface area contributed by atoms with Gasteiger partial charge in [0.2, 0.25) is 0 Å². The number of fused-ring (bicyclic) bond motifs is 1. The van der Waals surface area contributed by atoms with Gasteiger partial charge in [0.25, 0.3) is 0 Å². The van der Waals surface area contributed by atoms with E-state index in [4.69, 9.17) is 0 Å². The zero-order chi connectivity index (χ0) is 13.6. The van der Waals surface area contributed by atoms with Crippen LogP contribution in [0.15, 0.2) is 17.8 Å². The van der Waals surface area contributed by atoms with Crippen molar-refractivity contribution < 1.29 is 0 Å². The largest absolute Gasteiger partial charge is 0.316 e. The molecule has 3 heterocycles. The van der Waals surface area contributed by atoms with Gasteiger partial charge in [0.15, 0.2) is 4.96 Å². The molecule has 1 aliphatic heterocycles. The lowest BCUT2D eigenvalue weighted by Gasteiger charge is -2.26. The Morgan fingerprint density at radius 2 is 2.10 bits per heavy atom. The first-order valence-corrected chi connectivity index (χ1v) is 8.64. The van der Waals surface area contributed by atoms with Crippen molar-refractivity contribution in [2.24, 2.45) is 0 Å². The number of rotatable bonds is 7. The van der Waals surface area contributed by atoms with Crippen LogP contribution in [-0.2, 0) is 6.42 Å². The topological polar surface area (TPSA) is 32.6 Å². The quantitative estimate of drug-likeness (QED) is 0.796. The molecule has 0 spiro atoms. The van der Waals surface area contributed by atoms with Gasteiger partial charge in [-0.15, -0.1) is 11.3 Å². The summed E-state index contributed by atoms with van der Waals surface area (Å²) in [6.07, 6.45) is 10.5. The van der Waals surface area contributed by atoms with Crippen molar-refractivity contribution >= 4 is 16.3 Å². The van der Waals surface area contributed by atoms with Crippen molar-refractivity contribution in [2.45, 2.75) is 32.1 Å². The van der Waals surface area contributed by atoms with E-state index in [9.17, 15) is 0 Å². The molecule has 0 atom stereocenters. The van der Waals surface area contributed by atoms with E-state index in [1.54, 1.807) is 11.3 Å². The molecular weight excluding hydrogens is 268 g/mol. The van der Waals surface area contributed by atoms with Crippen molar-refractivity contribution in [3.8, 4) is 0 Å². The molecule has 0 aliphatic carbocycles. The van der Waals surface area contributed by atoms with Crippen molar-refractivity contribution in [2.75, 3.05) is 32.7 Å². The Bertz CT molecular complexity index is 513. The average molecular weight is 292 g/mol. The highest BCUT2D eigenvalue weighted by atomic mass is 32.1. The molecule has 20 heavy (non-hydrogen) atoms. The lowest BCUT2D eigenvalue weighted by molar-refractivity contribution is 0.226. The number of aromatic nitrogens is 2. The molecule has 0 unspecified atom stereocenters. The molecule has 0 amide bonds. The van der Waals surface area contributed by atoms with Crippen LogP contribution in [0.5, 0.6) is 0 Å². The van der Waals surface area contributed by atoms with Crippen LogP contribution in [0.2, 0.25) is 0 Å². The molecule has 0 bridgehead atoms. The minimum absolute atomic E-state index is 1.06. The first-order valence-electron chi connectivity index (χ1n) is 7.76. The minimum Gasteiger partial charge on any atom is -0.316 e. The SMILES string of the molecule is c1cn2c(CCNCCCN3CCCCC3)csc2n1. The third-order valence-corrected chi connectivity index (χ3v) is 4.95. The highest BCUT2D eigenvalue weighted by molar-refractivity contribution is 7.15. The van der Waals surface area contributed by atoms with E-state index < -0.39 is 0 Å². The molecule has 5 heteroatoms. The van der Waals surface area contributed by atoms with Gasteiger partial charge in [-0.05, 0) is 45.4 Å². The zero-order valence-electron chi connectivity index (χ0n) is 12.1. The number of imidazole rings is 1. The number of piperidine rings is 1. The van der Waals surface area contributed by atoms with Crippen molar-refractivity contribution in [1.29, 1.82) is 0 Å². The van der Waals surface area contributed by atoms with Gasteiger partial charge in [0.1, 0.15) is 0 Å². The summed E-state index contributed by atoms with van der Waals surface area (Å²) in [4.78, 5) is 8.02. The van der Waals surface area contributed by atoms with Gasteiger partial charge >= 0.3 is 0 Å². The monoisotopic (exact) mass is 292 g/mol. The predicted octanol–water partition coefficient (Wildman–Crippen LogP) is 2.40. The fraction of sp³-hybridized carbons (Fsp3) is 0.667. The molecule has 0 radical (unpaired) electrons. The third-order valence-electron chi connectivity index (χ3n) is 4.05. The first kappa shape index (κ1) is 14.0. The maximum Gasteiger partial charge on any atom is 0.193 e. The van der Waals surface area contributed by atoms with Crippen molar-refractivity contribution in [3.05, 3.63) is 23.5 Å². The number of thiazole rings is 1. The van der Waals surface area contributed by atoms with Crippen LogP contribution in [0.25, 0.3) is 4.96 Å². The standard InChI is InChI=1S/C15H24N4S/c1-2-9-18(10-3-1)11-4-6-16-7-5-14-13-20-15-17-8-12-19(14)15/h8,12-13,16H,1-7,9-11H2. The lowest BCUT2D eigenvalue weighted by atomic mass is 10.1. The predicted molar refractivity (Wildman–Crippen MR) is 84.6 cm³/mol. The molecule has 4 nitrogen and oxygen atoms in total. The van der Waals surface area contributed by atoms with Gasteiger partial charge in [-0.25, -0.2) is 4.98 Å². The van der Waals surface area contributed by atoms with Crippen molar-refractivity contribution in [3.63, 3.8) is 0 Å². The molecule has 0 aromatic carbocycles. The summed E-state index contributed by atoms with van der Waals surface area (Å²) in [6.45, 7) is 6.08. The number of nitrogens with one attached hydrogen (secondary N) is 1. The van der Waals surface area contributed by atoms with Crippen LogP contribution >= 0.6 is 11.3 Å². The second kappa shape index (κ2) is 7.20. The van der Waals surface area contributed by atoms with Crippen molar-refractivity contribution in [1.82, 2.24) is 19.6 Å². The molecule has 1 fully saturated rings. The second-order valence-electron chi connectivity index (χ2n) is 5.56. The van der Waals surface area contributed by atoms with Gasteiger partial charge in [0, 0.05) is 36.4 Å². The van der Waals surface area contributed by atoms with E-state index in [1.807, 2.05) is 6.20 Å². The number of hydrogen-bond acceptors (Lipinski definition) is 4. The maximum atomic E-state index is 4.30. The van der Waals surface area contributed by atoms with E-state index in [1.165, 1.54) is 51.0 Å². The summed E-state index contributed by atoms with van der Waals surface area (Å²) in [6, 6.07) is 0. The molecule has 110 valence electrons. The average Bonchev–Trinajstić information content (AvgIpc) is 3.08. The van der Waals surface area contributed by atoms with Crippen LogP contribution in [0.3, 0.4) is 0 Å². The molecule has 0 saturated carbocycles. The summed E-state index contributed by atoms with van der Waals surface area (Å²) in [7, 11) is 0. The highest BCUT2D eigenvalue weighted by Crippen LogP contribution is 2.14. The normalized spacial score (nSPS) is 17.0. The smallest absolute Gasteiger partial charge is 0.193 e.